The molecular formula is C15H17ClFNS. The van der Waals surface area contributed by atoms with Crippen LogP contribution in [0.2, 0.25) is 5.02 Å². The van der Waals surface area contributed by atoms with Crippen molar-refractivity contribution in [2.45, 2.75) is 25.8 Å². The van der Waals surface area contributed by atoms with Crippen LogP contribution in [-0.4, -0.2) is 12.6 Å². The minimum Gasteiger partial charge on any atom is -0.314 e. The third-order valence-corrected chi connectivity index (χ3v) is 4.19. The van der Waals surface area contributed by atoms with Crippen molar-refractivity contribution < 1.29 is 4.39 Å². The third kappa shape index (κ3) is 4.30. The summed E-state index contributed by atoms with van der Waals surface area (Å²) < 4.78 is 13.4. The van der Waals surface area contributed by atoms with Crippen LogP contribution in [0.4, 0.5) is 4.39 Å². The van der Waals surface area contributed by atoms with Crippen LogP contribution in [0, 0.1) is 5.82 Å². The average Bonchev–Trinajstić information content (AvgIpc) is 2.87. The van der Waals surface area contributed by atoms with Gasteiger partial charge in [0, 0.05) is 10.9 Å². The molecule has 1 aromatic carbocycles. The maximum absolute atomic E-state index is 13.4. The molecule has 1 N–H and O–H groups in total. The van der Waals surface area contributed by atoms with Crippen LogP contribution >= 0.6 is 22.9 Å². The fraction of sp³-hybridized carbons (Fsp3) is 0.333. The summed E-state index contributed by atoms with van der Waals surface area (Å²) in [6.07, 6.45) is 1.77. The Bertz CT molecular complexity index is 513. The number of thiophene rings is 1. The molecule has 0 radical (unpaired) electrons. The maximum Gasteiger partial charge on any atom is 0.142 e. The van der Waals surface area contributed by atoms with Gasteiger partial charge in [0.1, 0.15) is 5.82 Å². The van der Waals surface area contributed by atoms with Crippen LogP contribution in [0.5, 0.6) is 0 Å². The number of likely N-dealkylation sites (N-methyl/N-ethyl adjacent to an activating group) is 1. The fourth-order valence-corrected chi connectivity index (χ4v) is 3.03. The van der Waals surface area contributed by atoms with Crippen LogP contribution in [-0.2, 0) is 12.8 Å². The Morgan fingerprint density at radius 1 is 1.32 bits per heavy atom. The molecule has 0 bridgehead atoms. The second-order valence-corrected chi connectivity index (χ2v) is 5.93. The van der Waals surface area contributed by atoms with Gasteiger partial charge in [0.15, 0.2) is 0 Å². The lowest BCUT2D eigenvalue weighted by Gasteiger charge is -2.17. The standard InChI is InChI=1S/C15H17ClFNS/c1-2-18-12(10-13-4-3-7-19-13)8-11-5-6-14(16)15(17)9-11/h3-7,9,12,18H,2,8,10H2,1H3. The molecule has 2 rings (SSSR count). The lowest BCUT2D eigenvalue weighted by molar-refractivity contribution is 0.522. The molecule has 1 aromatic heterocycles. The van der Waals surface area contributed by atoms with Gasteiger partial charge < -0.3 is 5.32 Å². The lowest BCUT2D eigenvalue weighted by Crippen LogP contribution is -2.32. The van der Waals surface area contributed by atoms with E-state index >= 15 is 0 Å². The summed E-state index contributed by atoms with van der Waals surface area (Å²) in [5, 5.41) is 5.72. The first kappa shape index (κ1) is 14.5. The molecular weight excluding hydrogens is 281 g/mol. The van der Waals surface area contributed by atoms with E-state index in [1.165, 1.54) is 10.9 Å². The molecule has 0 saturated carbocycles. The molecule has 0 saturated heterocycles. The van der Waals surface area contributed by atoms with E-state index in [1.807, 2.05) is 6.07 Å². The molecule has 0 aliphatic heterocycles. The van der Waals surface area contributed by atoms with Crippen LogP contribution in [0.3, 0.4) is 0 Å². The van der Waals surface area contributed by atoms with Crippen LogP contribution in [0.25, 0.3) is 0 Å². The molecule has 2 aromatic rings. The predicted octanol–water partition coefficient (Wildman–Crippen LogP) is 4.30. The number of rotatable bonds is 6. The number of hydrogen-bond donors (Lipinski definition) is 1. The zero-order valence-electron chi connectivity index (χ0n) is 10.8. The van der Waals surface area contributed by atoms with Gasteiger partial charge in [0.25, 0.3) is 0 Å². The van der Waals surface area contributed by atoms with Crippen molar-refractivity contribution in [1.82, 2.24) is 5.32 Å². The summed E-state index contributed by atoms with van der Waals surface area (Å²) in [4.78, 5) is 1.35. The molecule has 1 heterocycles. The quantitative estimate of drug-likeness (QED) is 0.838. The van der Waals surface area contributed by atoms with E-state index in [0.29, 0.717) is 6.04 Å². The second-order valence-electron chi connectivity index (χ2n) is 4.49. The van der Waals surface area contributed by atoms with Gasteiger partial charge in [-0.25, -0.2) is 4.39 Å². The largest absolute Gasteiger partial charge is 0.314 e. The van der Waals surface area contributed by atoms with Gasteiger partial charge in [-0.2, -0.15) is 0 Å². The monoisotopic (exact) mass is 297 g/mol. The summed E-state index contributed by atoms with van der Waals surface area (Å²) in [6, 6.07) is 9.57. The SMILES string of the molecule is CCNC(Cc1ccc(Cl)c(F)c1)Cc1cccs1. The van der Waals surface area contributed by atoms with E-state index in [1.54, 1.807) is 17.4 Å². The molecule has 0 amide bonds. The minimum atomic E-state index is -0.342. The van der Waals surface area contributed by atoms with E-state index < -0.39 is 0 Å². The third-order valence-electron chi connectivity index (χ3n) is 2.99. The van der Waals surface area contributed by atoms with E-state index in [9.17, 15) is 4.39 Å². The Labute approximate surface area is 122 Å². The highest BCUT2D eigenvalue weighted by Crippen LogP contribution is 2.18. The zero-order chi connectivity index (χ0) is 13.7. The number of nitrogens with one attached hydrogen (secondary N) is 1. The van der Waals surface area contributed by atoms with E-state index in [0.717, 1.165) is 24.9 Å². The Balaban J connectivity index is 2.05. The second kappa shape index (κ2) is 7.04. The summed E-state index contributed by atoms with van der Waals surface area (Å²) in [7, 11) is 0. The summed E-state index contributed by atoms with van der Waals surface area (Å²) in [6.45, 7) is 3.00. The summed E-state index contributed by atoms with van der Waals surface area (Å²) >= 11 is 7.46. The first-order chi connectivity index (χ1) is 9.19. The van der Waals surface area contributed by atoms with Crippen molar-refractivity contribution in [2.75, 3.05) is 6.54 Å². The Morgan fingerprint density at radius 3 is 2.79 bits per heavy atom. The van der Waals surface area contributed by atoms with Crippen molar-refractivity contribution in [1.29, 1.82) is 0 Å². The molecule has 1 atom stereocenters. The molecule has 0 aliphatic rings. The number of halogens is 2. The highest BCUT2D eigenvalue weighted by molar-refractivity contribution is 7.09. The fourth-order valence-electron chi connectivity index (χ4n) is 2.13. The van der Waals surface area contributed by atoms with Crippen molar-refractivity contribution in [3.05, 3.63) is 57.0 Å². The zero-order valence-corrected chi connectivity index (χ0v) is 12.4. The molecule has 19 heavy (non-hydrogen) atoms. The molecule has 102 valence electrons. The van der Waals surface area contributed by atoms with Gasteiger partial charge in [-0.05, 0) is 48.5 Å². The number of hydrogen-bond acceptors (Lipinski definition) is 2. The van der Waals surface area contributed by atoms with Crippen molar-refractivity contribution in [3.63, 3.8) is 0 Å². The molecule has 0 aliphatic carbocycles. The molecule has 1 nitrogen and oxygen atoms in total. The first-order valence-electron chi connectivity index (χ1n) is 6.38. The van der Waals surface area contributed by atoms with Gasteiger partial charge in [-0.1, -0.05) is 30.7 Å². The highest BCUT2D eigenvalue weighted by atomic mass is 35.5. The molecule has 4 heteroatoms. The Hall–Kier alpha value is -0.900. The molecule has 1 unspecified atom stereocenters. The smallest absolute Gasteiger partial charge is 0.142 e. The van der Waals surface area contributed by atoms with Gasteiger partial charge in [-0.3, -0.25) is 0 Å². The van der Waals surface area contributed by atoms with Crippen LogP contribution in [0.15, 0.2) is 35.7 Å². The first-order valence-corrected chi connectivity index (χ1v) is 7.64. The molecule has 0 fully saturated rings. The molecule has 0 spiro atoms. The van der Waals surface area contributed by atoms with Gasteiger partial charge >= 0.3 is 0 Å². The van der Waals surface area contributed by atoms with Crippen LogP contribution in [0.1, 0.15) is 17.4 Å². The maximum atomic E-state index is 13.4. The Morgan fingerprint density at radius 2 is 2.16 bits per heavy atom. The topological polar surface area (TPSA) is 12.0 Å². The van der Waals surface area contributed by atoms with E-state index in [-0.39, 0.29) is 10.8 Å². The Kier molecular flexibility index (Phi) is 5.37. The number of benzene rings is 1. The normalized spacial score (nSPS) is 12.6. The van der Waals surface area contributed by atoms with E-state index in [4.69, 9.17) is 11.6 Å². The van der Waals surface area contributed by atoms with Crippen molar-refractivity contribution >= 4 is 22.9 Å². The highest BCUT2D eigenvalue weighted by Gasteiger charge is 2.11. The average molecular weight is 298 g/mol. The predicted molar refractivity (Wildman–Crippen MR) is 80.6 cm³/mol. The lowest BCUT2D eigenvalue weighted by atomic mass is 10.0. The van der Waals surface area contributed by atoms with Crippen molar-refractivity contribution in [3.8, 4) is 0 Å². The van der Waals surface area contributed by atoms with Gasteiger partial charge in [0.05, 0.1) is 5.02 Å². The summed E-state index contributed by atoms with van der Waals surface area (Å²) in [5.74, 6) is -0.342. The summed E-state index contributed by atoms with van der Waals surface area (Å²) in [5.41, 5.74) is 0.976. The van der Waals surface area contributed by atoms with Gasteiger partial charge in [-0.15, -0.1) is 11.3 Å². The van der Waals surface area contributed by atoms with Gasteiger partial charge in [0.2, 0.25) is 0 Å². The minimum absolute atomic E-state index is 0.182. The van der Waals surface area contributed by atoms with Crippen molar-refractivity contribution in [2.24, 2.45) is 0 Å². The van der Waals surface area contributed by atoms with Crippen LogP contribution < -0.4 is 5.32 Å². The van der Waals surface area contributed by atoms with E-state index in [2.05, 4.69) is 29.8 Å².